The zero-order chi connectivity index (χ0) is 25.2. The van der Waals surface area contributed by atoms with Crippen LogP contribution in [-0.4, -0.2) is 36.4 Å². The topological polar surface area (TPSA) is 58.6 Å². The molecule has 4 aromatic carbocycles. The van der Waals surface area contributed by atoms with Gasteiger partial charge in [0.1, 0.15) is 5.75 Å². The number of piperidine rings is 1. The largest absolute Gasteiger partial charge is 0.482 e. The van der Waals surface area contributed by atoms with Crippen LogP contribution in [0.4, 0.5) is 5.69 Å². The van der Waals surface area contributed by atoms with Crippen molar-refractivity contribution in [1.82, 2.24) is 4.90 Å². The molecule has 0 aliphatic carbocycles. The summed E-state index contributed by atoms with van der Waals surface area (Å²) in [5, 5.41) is 3.03. The van der Waals surface area contributed by atoms with Crippen LogP contribution in [0.5, 0.6) is 5.75 Å². The second-order valence-electron chi connectivity index (χ2n) is 9.67. The minimum atomic E-state index is -0.547. The van der Waals surface area contributed by atoms with Crippen molar-refractivity contribution in [2.45, 2.75) is 18.3 Å². The molecule has 37 heavy (non-hydrogen) atoms. The van der Waals surface area contributed by atoms with Crippen molar-refractivity contribution in [3.63, 3.8) is 0 Å². The maximum atomic E-state index is 13.3. The van der Waals surface area contributed by atoms with Crippen LogP contribution in [-0.2, 0) is 15.0 Å². The van der Waals surface area contributed by atoms with Crippen LogP contribution in [0.3, 0.4) is 0 Å². The minimum absolute atomic E-state index is 0.0429. The average Bonchev–Trinajstić information content (AvgIpc) is 3.23. The number of hydrogen-bond donors (Lipinski definition) is 1. The molecular formula is C32H28N2O3. The Morgan fingerprint density at radius 1 is 0.757 bits per heavy atom. The third-order valence-corrected chi connectivity index (χ3v) is 7.62. The highest BCUT2D eigenvalue weighted by atomic mass is 16.5. The highest BCUT2D eigenvalue weighted by Gasteiger charge is 2.48. The van der Waals surface area contributed by atoms with Gasteiger partial charge in [-0.1, -0.05) is 97.1 Å². The molecule has 0 unspecified atom stereocenters. The van der Waals surface area contributed by atoms with Crippen LogP contribution in [0, 0.1) is 0 Å². The third-order valence-electron chi connectivity index (χ3n) is 7.62. The molecule has 0 atom stereocenters. The number of carbonyl (C=O) groups excluding carboxylic acids is 2. The van der Waals surface area contributed by atoms with Crippen molar-refractivity contribution in [3.8, 4) is 28.0 Å². The fraction of sp³-hybridized carbons (Fsp3) is 0.188. The first-order valence-corrected chi connectivity index (χ1v) is 12.7. The molecule has 1 spiro atoms. The van der Waals surface area contributed by atoms with Crippen molar-refractivity contribution < 1.29 is 14.3 Å². The summed E-state index contributed by atoms with van der Waals surface area (Å²) in [5.74, 6) is 0.676. The lowest BCUT2D eigenvalue weighted by atomic mass is 9.73. The van der Waals surface area contributed by atoms with Crippen molar-refractivity contribution in [2.75, 3.05) is 25.0 Å². The smallest absolute Gasteiger partial charge is 0.260 e. The Balaban J connectivity index is 1.22. The first-order chi connectivity index (χ1) is 18.2. The maximum absolute atomic E-state index is 13.3. The monoisotopic (exact) mass is 488 g/mol. The lowest BCUT2D eigenvalue weighted by molar-refractivity contribution is -0.136. The van der Waals surface area contributed by atoms with Crippen LogP contribution >= 0.6 is 0 Å². The number of fused-ring (bicyclic) bond motifs is 2. The van der Waals surface area contributed by atoms with E-state index in [1.54, 1.807) is 0 Å². The van der Waals surface area contributed by atoms with Gasteiger partial charge in [-0.05, 0) is 35.6 Å². The lowest BCUT2D eigenvalue weighted by Crippen LogP contribution is -2.49. The van der Waals surface area contributed by atoms with Crippen molar-refractivity contribution >= 4 is 17.5 Å². The van der Waals surface area contributed by atoms with Gasteiger partial charge in [0.2, 0.25) is 5.91 Å². The Labute approximate surface area is 216 Å². The standard InChI is InChI=1S/C32H28N2O3/c35-29(34-20-18-32(19-21-34)27-16-7-8-17-28(27)33-31(32)36)22-37-30-25(23-10-3-1-4-11-23)14-9-15-26(30)24-12-5-2-6-13-24/h1-17H,18-22H2,(H,33,36). The number of ether oxygens (including phenoxy) is 1. The van der Waals surface area contributed by atoms with E-state index in [1.807, 2.05) is 108 Å². The second kappa shape index (κ2) is 9.58. The van der Waals surface area contributed by atoms with E-state index < -0.39 is 5.41 Å². The van der Waals surface area contributed by atoms with Gasteiger partial charge in [-0.3, -0.25) is 9.59 Å². The summed E-state index contributed by atoms with van der Waals surface area (Å²) in [6.07, 6.45) is 1.22. The van der Waals surface area contributed by atoms with Crippen LogP contribution < -0.4 is 10.1 Å². The zero-order valence-electron chi connectivity index (χ0n) is 20.5. The van der Waals surface area contributed by atoms with Crippen molar-refractivity contribution in [3.05, 3.63) is 109 Å². The molecule has 2 aliphatic rings. The molecule has 2 heterocycles. The van der Waals surface area contributed by atoms with E-state index >= 15 is 0 Å². The van der Waals surface area contributed by atoms with Crippen LogP contribution in [0.15, 0.2) is 103 Å². The first kappa shape index (κ1) is 23.0. The van der Waals surface area contributed by atoms with Gasteiger partial charge in [-0.15, -0.1) is 0 Å². The van der Waals surface area contributed by atoms with Gasteiger partial charge in [0.15, 0.2) is 6.61 Å². The van der Waals surface area contributed by atoms with Crippen molar-refractivity contribution in [2.24, 2.45) is 0 Å². The molecule has 0 saturated carbocycles. The van der Waals surface area contributed by atoms with Crippen LogP contribution in [0.25, 0.3) is 22.3 Å². The molecule has 2 aliphatic heterocycles. The minimum Gasteiger partial charge on any atom is -0.482 e. The quantitative estimate of drug-likeness (QED) is 0.380. The molecular weight excluding hydrogens is 460 g/mol. The number of rotatable bonds is 5. The Morgan fingerprint density at radius 3 is 1.95 bits per heavy atom. The summed E-state index contributed by atoms with van der Waals surface area (Å²) in [6, 6.07) is 34.1. The van der Waals surface area contributed by atoms with E-state index in [0.717, 1.165) is 33.5 Å². The Kier molecular flexibility index (Phi) is 5.97. The highest BCUT2D eigenvalue weighted by Crippen LogP contribution is 2.45. The molecule has 4 aromatic rings. The van der Waals surface area contributed by atoms with Gasteiger partial charge < -0.3 is 15.0 Å². The van der Waals surface area contributed by atoms with E-state index in [9.17, 15) is 9.59 Å². The zero-order valence-corrected chi connectivity index (χ0v) is 20.5. The summed E-state index contributed by atoms with van der Waals surface area (Å²) in [4.78, 5) is 28.0. The van der Waals surface area contributed by atoms with Gasteiger partial charge in [0, 0.05) is 29.9 Å². The summed E-state index contributed by atoms with van der Waals surface area (Å²) in [6.45, 7) is 0.991. The van der Waals surface area contributed by atoms with E-state index in [-0.39, 0.29) is 18.4 Å². The number of anilines is 1. The van der Waals surface area contributed by atoms with Gasteiger partial charge in [0.25, 0.3) is 5.91 Å². The normalized spacial score (nSPS) is 15.8. The van der Waals surface area contributed by atoms with Gasteiger partial charge in [0.05, 0.1) is 5.41 Å². The van der Waals surface area contributed by atoms with Gasteiger partial charge >= 0.3 is 0 Å². The summed E-state index contributed by atoms with van der Waals surface area (Å²) in [5.41, 5.74) is 5.36. The van der Waals surface area contributed by atoms with E-state index in [1.165, 1.54) is 0 Å². The SMILES string of the molecule is O=C(COc1c(-c2ccccc2)cccc1-c1ccccc1)N1CCC2(CC1)C(=O)Nc1ccccc12. The molecule has 184 valence electrons. The lowest BCUT2D eigenvalue weighted by Gasteiger charge is -2.38. The fourth-order valence-electron chi connectivity index (χ4n) is 5.62. The Bertz CT molecular complexity index is 1380. The molecule has 5 nitrogen and oxygen atoms in total. The number of hydrogen-bond acceptors (Lipinski definition) is 3. The Morgan fingerprint density at radius 2 is 1.32 bits per heavy atom. The summed E-state index contributed by atoms with van der Waals surface area (Å²) < 4.78 is 6.32. The van der Waals surface area contributed by atoms with Gasteiger partial charge in [-0.2, -0.15) is 0 Å². The number of nitrogens with zero attached hydrogens (tertiary/aromatic N) is 1. The molecule has 2 amide bonds. The average molecular weight is 489 g/mol. The summed E-state index contributed by atoms with van der Waals surface area (Å²) in [7, 11) is 0. The molecule has 0 bridgehead atoms. The van der Waals surface area contributed by atoms with Crippen LogP contribution in [0.2, 0.25) is 0 Å². The molecule has 0 aromatic heterocycles. The number of carbonyl (C=O) groups is 2. The third kappa shape index (κ3) is 4.16. The molecule has 1 N–H and O–H groups in total. The second-order valence-corrected chi connectivity index (χ2v) is 9.67. The number of para-hydroxylation sites is 2. The predicted octanol–water partition coefficient (Wildman–Crippen LogP) is 5.91. The summed E-state index contributed by atoms with van der Waals surface area (Å²) >= 11 is 0. The number of benzene rings is 4. The molecule has 1 saturated heterocycles. The molecule has 6 rings (SSSR count). The maximum Gasteiger partial charge on any atom is 0.260 e. The van der Waals surface area contributed by atoms with Gasteiger partial charge in [-0.25, -0.2) is 0 Å². The first-order valence-electron chi connectivity index (χ1n) is 12.7. The van der Waals surface area contributed by atoms with Crippen LogP contribution in [0.1, 0.15) is 18.4 Å². The fourth-order valence-corrected chi connectivity index (χ4v) is 5.62. The van der Waals surface area contributed by atoms with E-state index in [4.69, 9.17) is 4.74 Å². The molecule has 5 heteroatoms. The highest BCUT2D eigenvalue weighted by molar-refractivity contribution is 6.06. The number of amides is 2. The van der Waals surface area contributed by atoms with E-state index in [0.29, 0.717) is 31.7 Å². The number of nitrogens with one attached hydrogen (secondary N) is 1. The molecule has 1 fully saturated rings. The Hall–Kier alpha value is -4.38. The number of likely N-dealkylation sites (tertiary alicyclic amines) is 1. The predicted molar refractivity (Wildman–Crippen MR) is 145 cm³/mol. The van der Waals surface area contributed by atoms with E-state index in [2.05, 4.69) is 5.32 Å². The van der Waals surface area contributed by atoms with Crippen molar-refractivity contribution in [1.29, 1.82) is 0 Å². The molecule has 0 radical (unpaired) electrons.